The van der Waals surface area contributed by atoms with E-state index in [9.17, 15) is 0 Å². The predicted molar refractivity (Wildman–Crippen MR) is 111 cm³/mol. The van der Waals surface area contributed by atoms with Crippen LogP contribution in [0.2, 0.25) is 0 Å². The smallest absolute Gasteiger partial charge is 0.168 e. The number of hydrogen-bond donors (Lipinski definition) is 2. The van der Waals surface area contributed by atoms with Gasteiger partial charge in [0.2, 0.25) is 0 Å². The van der Waals surface area contributed by atoms with Gasteiger partial charge in [0, 0.05) is 32.6 Å². The first-order valence-electron chi connectivity index (χ1n) is 11.3. The fourth-order valence-corrected chi connectivity index (χ4v) is 3.93. The second kappa shape index (κ2) is 15.7. The number of unbranched alkanes of at least 4 members (excludes halogenated alkanes) is 10. The molecule has 1 aliphatic rings. The Labute approximate surface area is 167 Å². The first kappa shape index (κ1) is 24.8. The van der Waals surface area contributed by atoms with Gasteiger partial charge in [-0.25, -0.2) is 0 Å². The summed E-state index contributed by atoms with van der Waals surface area (Å²) >= 11 is 0. The van der Waals surface area contributed by atoms with E-state index >= 15 is 0 Å². The molecule has 0 amide bonds. The average molecular weight is 388 g/mol. The van der Waals surface area contributed by atoms with Gasteiger partial charge in [0.05, 0.1) is 12.7 Å². The summed E-state index contributed by atoms with van der Waals surface area (Å²) in [4.78, 5) is 2.17. The second-order valence-corrected chi connectivity index (χ2v) is 8.41. The van der Waals surface area contributed by atoms with Gasteiger partial charge in [0.25, 0.3) is 0 Å². The van der Waals surface area contributed by atoms with Crippen LogP contribution in [-0.2, 0) is 9.47 Å². The van der Waals surface area contributed by atoms with Gasteiger partial charge in [-0.3, -0.25) is 0 Å². The third kappa shape index (κ3) is 12.1. The van der Waals surface area contributed by atoms with Gasteiger partial charge >= 0.3 is 0 Å². The van der Waals surface area contributed by atoms with Crippen molar-refractivity contribution in [3.8, 4) is 0 Å². The fraction of sp³-hybridized carbons (Fsp3) is 1.00. The lowest BCUT2D eigenvalue weighted by Gasteiger charge is -2.29. The topological polar surface area (TPSA) is 62.2 Å². The maximum atomic E-state index is 8.85. The molecular formula is C22H45NO4. The lowest BCUT2D eigenvalue weighted by atomic mass is 9.99. The SMILES string of the molecule is CN(C)CC1COC(CCCCCCCCO)(CCCCCCCCO)O1. The molecule has 0 bridgehead atoms. The zero-order valence-electron chi connectivity index (χ0n) is 18.0. The molecule has 0 spiro atoms. The van der Waals surface area contributed by atoms with Gasteiger partial charge in [-0.2, -0.15) is 0 Å². The van der Waals surface area contributed by atoms with Gasteiger partial charge in [0.1, 0.15) is 0 Å². The highest BCUT2D eigenvalue weighted by atomic mass is 16.7. The third-order valence-electron chi connectivity index (χ3n) is 5.41. The highest BCUT2D eigenvalue weighted by Crippen LogP contribution is 2.34. The summed E-state index contributed by atoms with van der Waals surface area (Å²) in [6.45, 7) is 2.27. The zero-order valence-corrected chi connectivity index (χ0v) is 18.0. The third-order valence-corrected chi connectivity index (χ3v) is 5.41. The molecule has 1 heterocycles. The van der Waals surface area contributed by atoms with Crippen LogP contribution in [0.3, 0.4) is 0 Å². The van der Waals surface area contributed by atoms with Crippen LogP contribution in [-0.4, -0.2) is 67.5 Å². The average Bonchev–Trinajstić information content (AvgIpc) is 3.02. The maximum absolute atomic E-state index is 8.85. The second-order valence-electron chi connectivity index (χ2n) is 8.41. The molecule has 1 saturated heterocycles. The minimum atomic E-state index is -0.364. The number of hydrogen-bond acceptors (Lipinski definition) is 5. The molecule has 0 aromatic rings. The fourth-order valence-electron chi connectivity index (χ4n) is 3.93. The Morgan fingerprint density at radius 2 is 1.19 bits per heavy atom. The summed E-state index contributed by atoms with van der Waals surface area (Å²) in [7, 11) is 4.17. The van der Waals surface area contributed by atoms with Gasteiger partial charge in [-0.05, 0) is 39.8 Å². The summed E-state index contributed by atoms with van der Waals surface area (Å²) in [5.74, 6) is -0.364. The minimum Gasteiger partial charge on any atom is -0.396 e. The molecule has 0 radical (unpaired) electrons. The molecule has 27 heavy (non-hydrogen) atoms. The molecule has 1 unspecified atom stereocenters. The van der Waals surface area contributed by atoms with Crippen LogP contribution in [0.5, 0.6) is 0 Å². The van der Waals surface area contributed by atoms with Gasteiger partial charge in [-0.15, -0.1) is 0 Å². The predicted octanol–water partition coefficient (Wildman–Crippen LogP) is 4.11. The Kier molecular flexibility index (Phi) is 14.4. The molecule has 0 aromatic carbocycles. The number of aliphatic hydroxyl groups excluding tert-OH is 2. The first-order valence-corrected chi connectivity index (χ1v) is 11.3. The van der Waals surface area contributed by atoms with E-state index in [0.29, 0.717) is 19.8 Å². The molecule has 0 aromatic heterocycles. The normalized spacial score (nSPS) is 19.2. The van der Waals surface area contributed by atoms with Crippen LogP contribution >= 0.6 is 0 Å². The van der Waals surface area contributed by atoms with Gasteiger partial charge in [-0.1, -0.05) is 51.4 Å². The number of aliphatic hydroxyl groups is 2. The van der Waals surface area contributed by atoms with Crippen molar-refractivity contribution in [1.29, 1.82) is 0 Å². The van der Waals surface area contributed by atoms with Crippen molar-refractivity contribution in [2.75, 3.05) is 40.5 Å². The highest BCUT2D eigenvalue weighted by molar-refractivity contribution is 4.80. The quantitative estimate of drug-likeness (QED) is 0.347. The Balaban J connectivity index is 2.30. The largest absolute Gasteiger partial charge is 0.396 e. The molecule has 0 aliphatic carbocycles. The van der Waals surface area contributed by atoms with Crippen molar-refractivity contribution < 1.29 is 19.7 Å². The van der Waals surface area contributed by atoms with Crippen LogP contribution in [0.15, 0.2) is 0 Å². The number of rotatable bonds is 18. The van der Waals surface area contributed by atoms with E-state index in [1.807, 2.05) is 0 Å². The van der Waals surface area contributed by atoms with Crippen molar-refractivity contribution >= 4 is 0 Å². The lowest BCUT2D eigenvalue weighted by molar-refractivity contribution is -0.180. The molecule has 5 nitrogen and oxygen atoms in total. The number of likely N-dealkylation sites (N-methyl/N-ethyl adjacent to an activating group) is 1. The number of ether oxygens (including phenoxy) is 2. The summed E-state index contributed by atoms with van der Waals surface area (Å²) in [5, 5.41) is 17.7. The van der Waals surface area contributed by atoms with Crippen molar-refractivity contribution in [1.82, 2.24) is 4.90 Å². The van der Waals surface area contributed by atoms with Crippen LogP contribution in [0.25, 0.3) is 0 Å². The molecule has 0 saturated carbocycles. The van der Waals surface area contributed by atoms with Crippen LogP contribution in [0.1, 0.15) is 89.9 Å². The minimum absolute atomic E-state index is 0.189. The van der Waals surface area contributed by atoms with Crippen molar-refractivity contribution in [3.05, 3.63) is 0 Å². The van der Waals surface area contributed by atoms with E-state index in [-0.39, 0.29) is 11.9 Å². The van der Waals surface area contributed by atoms with Crippen molar-refractivity contribution in [3.63, 3.8) is 0 Å². The molecule has 1 fully saturated rings. The van der Waals surface area contributed by atoms with Crippen molar-refractivity contribution in [2.24, 2.45) is 0 Å². The molecule has 1 aliphatic heterocycles. The Morgan fingerprint density at radius 1 is 0.741 bits per heavy atom. The van der Waals surface area contributed by atoms with E-state index in [2.05, 4.69) is 19.0 Å². The van der Waals surface area contributed by atoms with E-state index in [1.165, 1.54) is 38.5 Å². The van der Waals surface area contributed by atoms with Crippen LogP contribution < -0.4 is 0 Å². The van der Waals surface area contributed by atoms with Crippen molar-refractivity contribution in [2.45, 2.75) is 102 Å². The molecule has 162 valence electrons. The van der Waals surface area contributed by atoms with E-state index in [1.54, 1.807) is 0 Å². The molecule has 2 N–H and O–H groups in total. The summed E-state index contributed by atoms with van der Waals surface area (Å²) in [6, 6.07) is 0. The summed E-state index contributed by atoms with van der Waals surface area (Å²) < 4.78 is 12.6. The lowest BCUT2D eigenvalue weighted by Crippen LogP contribution is -2.33. The number of nitrogens with zero attached hydrogens (tertiary/aromatic N) is 1. The Bertz CT molecular complexity index is 320. The molecule has 5 heteroatoms. The first-order chi connectivity index (χ1) is 13.1. The monoisotopic (exact) mass is 387 g/mol. The van der Waals surface area contributed by atoms with E-state index < -0.39 is 0 Å². The van der Waals surface area contributed by atoms with E-state index in [0.717, 1.165) is 57.9 Å². The molecule has 1 rings (SSSR count). The van der Waals surface area contributed by atoms with Crippen LogP contribution in [0, 0.1) is 0 Å². The summed E-state index contributed by atoms with van der Waals surface area (Å²) in [6.07, 6.45) is 16.0. The van der Waals surface area contributed by atoms with E-state index in [4.69, 9.17) is 19.7 Å². The Morgan fingerprint density at radius 3 is 1.63 bits per heavy atom. The zero-order chi connectivity index (χ0) is 19.8. The molecular weight excluding hydrogens is 342 g/mol. The maximum Gasteiger partial charge on any atom is 0.168 e. The highest BCUT2D eigenvalue weighted by Gasteiger charge is 2.40. The molecule has 1 atom stereocenters. The standard InChI is InChI=1S/C22H45NO4/c1-23(2)19-21-20-26-22(27-21,15-11-7-3-5-9-13-17-24)16-12-8-4-6-10-14-18-25/h21,24-25H,3-20H2,1-2H3. The summed E-state index contributed by atoms with van der Waals surface area (Å²) in [5.41, 5.74) is 0. The Hall–Kier alpha value is -0.200. The van der Waals surface area contributed by atoms with Crippen LogP contribution in [0.4, 0.5) is 0 Å². The van der Waals surface area contributed by atoms with Gasteiger partial charge < -0.3 is 24.6 Å². The van der Waals surface area contributed by atoms with Gasteiger partial charge in [0.15, 0.2) is 5.79 Å².